The van der Waals surface area contributed by atoms with E-state index in [4.69, 9.17) is 0 Å². The minimum absolute atomic E-state index is 0.155. The Morgan fingerprint density at radius 1 is 1.26 bits per heavy atom. The third kappa shape index (κ3) is 3.18. The zero-order valence-electron chi connectivity index (χ0n) is 12.2. The lowest BCUT2D eigenvalue weighted by Crippen LogP contribution is -2.26. The Kier molecular flexibility index (Phi) is 4.64. The molecule has 0 amide bonds. The molecule has 0 aliphatic heterocycles. The maximum Gasteiger partial charge on any atom is 0.149 e. The van der Waals surface area contributed by atoms with E-state index in [2.05, 4.69) is 28.6 Å². The van der Waals surface area contributed by atoms with E-state index < -0.39 is 0 Å². The first-order valence-corrected chi connectivity index (χ1v) is 7.19. The van der Waals surface area contributed by atoms with Crippen LogP contribution >= 0.6 is 0 Å². The topological polar surface area (TPSA) is 57.2 Å². The summed E-state index contributed by atoms with van der Waals surface area (Å²) in [7, 11) is 3.80. The minimum atomic E-state index is -0.155. The van der Waals surface area contributed by atoms with Crippen LogP contribution in [0.5, 0.6) is 0 Å². The van der Waals surface area contributed by atoms with Gasteiger partial charge in [-0.05, 0) is 43.7 Å². The van der Waals surface area contributed by atoms with Crippen LogP contribution in [0.25, 0.3) is 0 Å². The lowest BCUT2D eigenvalue weighted by Gasteiger charge is -2.27. The second-order valence-corrected chi connectivity index (χ2v) is 5.47. The van der Waals surface area contributed by atoms with Gasteiger partial charge in [-0.15, -0.1) is 0 Å². The third-order valence-corrected chi connectivity index (χ3v) is 4.10. The number of aliphatic hydroxyl groups is 1. The van der Waals surface area contributed by atoms with Crippen molar-refractivity contribution in [3.05, 3.63) is 17.3 Å². The molecule has 19 heavy (non-hydrogen) atoms. The molecular weight excluding hydrogens is 238 g/mol. The van der Waals surface area contributed by atoms with Crippen molar-refractivity contribution < 1.29 is 5.11 Å². The van der Waals surface area contributed by atoms with E-state index in [0.29, 0.717) is 5.92 Å². The van der Waals surface area contributed by atoms with Crippen molar-refractivity contribution in [3.63, 3.8) is 0 Å². The fourth-order valence-electron chi connectivity index (χ4n) is 3.04. The van der Waals surface area contributed by atoms with Gasteiger partial charge in [0.15, 0.2) is 0 Å². The number of nitrogens with zero attached hydrogens (tertiary/aromatic N) is 1. The van der Waals surface area contributed by atoms with Crippen molar-refractivity contribution in [2.45, 2.75) is 45.1 Å². The molecule has 1 aromatic rings. The Morgan fingerprint density at radius 2 is 2.00 bits per heavy atom. The number of hydrogen-bond donors (Lipinski definition) is 3. The van der Waals surface area contributed by atoms with Crippen LogP contribution in [0.15, 0.2) is 6.07 Å². The summed E-state index contributed by atoms with van der Waals surface area (Å²) >= 11 is 0. The van der Waals surface area contributed by atoms with Gasteiger partial charge in [0, 0.05) is 19.8 Å². The highest BCUT2D eigenvalue weighted by molar-refractivity contribution is 5.68. The van der Waals surface area contributed by atoms with Crippen LogP contribution in [0.3, 0.4) is 0 Å². The maximum atomic E-state index is 10.1. The summed E-state index contributed by atoms with van der Waals surface area (Å²) < 4.78 is 0. The summed E-state index contributed by atoms with van der Waals surface area (Å²) in [5.74, 6) is 1.26. The van der Waals surface area contributed by atoms with E-state index in [9.17, 15) is 5.11 Å². The number of nitrogens with one attached hydrogen (secondary N) is 2. The first-order chi connectivity index (χ1) is 9.15. The number of aryl methyl sites for hydroxylation is 1. The Labute approximate surface area is 115 Å². The maximum absolute atomic E-state index is 10.1. The molecule has 2 rings (SSSR count). The number of pyridine rings is 1. The zero-order valence-corrected chi connectivity index (χ0v) is 12.2. The molecule has 4 nitrogen and oxygen atoms in total. The van der Waals surface area contributed by atoms with Crippen LogP contribution in [-0.4, -0.2) is 30.3 Å². The molecular formula is C15H25N3O. The molecule has 0 radical (unpaired) electrons. The van der Waals surface area contributed by atoms with Gasteiger partial charge in [0.1, 0.15) is 5.82 Å². The summed E-state index contributed by atoms with van der Waals surface area (Å²) in [6, 6.07) is 2.13. The van der Waals surface area contributed by atoms with Crippen LogP contribution in [-0.2, 0) is 6.42 Å². The van der Waals surface area contributed by atoms with Crippen molar-refractivity contribution in [2.24, 2.45) is 5.92 Å². The van der Waals surface area contributed by atoms with Gasteiger partial charge in [0.25, 0.3) is 0 Å². The Morgan fingerprint density at radius 3 is 2.63 bits per heavy atom. The van der Waals surface area contributed by atoms with Crippen LogP contribution < -0.4 is 10.6 Å². The van der Waals surface area contributed by atoms with Crippen LogP contribution in [0.4, 0.5) is 11.5 Å². The van der Waals surface area contributed by atoms with E-state index in [1.807, 2.05) is 14.1 Å². The van der Waals surface area contributed by atoms with Crippen molar-refractivity contribution in [1.29, 1.82) is 0 Å². The molecule has 106 valence electrons. The third-order valence-electron chi connectivity index (χ3n) is 4.10. The predicted molar refractivity (Wildman–Crippen MR) is 79.7 cm³/mol. The summed E-state index contributed by atoms with van der Waals surface area (Å²) in [5, 5.41) is 16.4. The van der Waals surface area contributed by atoms with Gasteiger partial charge in [-0.1, -0.05) is 12.8 Å². The van der Waals surface area contributed by atoms with Gasteiger partial charge in [0.2, 0.25) is 0 Å². The van der Waals surface area contributed by atoms with Gasteiger partial charge >= 0.3 is 0 Å². The molecule has 1 fully saturated rings. The van der Waals surface area contributed by atoms with Crippen molar-refractivity contribution in [1.82, 2.24) is 4.98 Å². The van der Waals surface area contributed by atoms with E-state index in [1.165, 1.54) is 12.0 Å². The minimum Gasteiger partial charge on any atom is -0.393 e. The second kappa shape index (κ2) is 6.24. The SMILES string of the molecule is CNc1nc(CC2CCCCC2O)cc(C)c1NC. The lowest BCUT2D eigenvalue weighted by molar-refractivity contribution is 0.0695. The second-order valence-electron chi connectivity index (χ2n) is 5.47. The van der Waals surface area contributed by atoms with Gasteiger partial charge in [-0.25, -0.2) is 4.98 Å². The standard InChI is InChI=1S/C15H25N3O/c1-10-8-12(18-15(17-3)14(10)16-2)9-11-6-4-5-7-13(11)19/h8,11,13,16,19H,4-7,9H2,1-3H3,(H,17,18). The van der Waals surface area contributed by atoms with Gasteiger partial charge in [-0.3, -0.25) is 0 Å². The van der Waals surface area contributed by atoms with Crippen molar-refractivity contribution in [3.8, 4) is 0 Å². The Balaban J connectivity index is 2.18. The Bertz CT molecular complexity index is 434. The summed E-state index contributed by atoms with van der Waals surface area (Å²) in [6.45, 7) is 2.09. The molecule has 2 atom stereocenters. The quantitative estimate of drug-likeness (QED) is 0.781. The molecule has 0 spiro atoms. The predicted octanol–water partition coefficient (Wildman–Crippen LogP) is 2.57. The molecule has 0 bridgehead atoms. The summed E-state index contributed by atoms with van der Waals surface area (Å²) in [6.07, 6.45) is 5.17. The van der Waals surface area contributed by atoms with Crippen LogP contribution in [0.1, 0.15) is 36.9 Å². The fraction of sp³-hybridized carbons (Fsp3) is 0.667. The van der Waals surface area contributed by atoms with Crippen molar-refractivity contribution in [2.75, 3.05) is 24.7 Å². The van der Waals surface area contributed by atoms with Crippen LogP contribution in [0.2, 0.25) is 0 Å². The van der Waals surface area contributed by atoms with Gasteiger partial charge in [0.05, 0.1) is 11.8 Å². The summed E-state index contributed by atoms with van der Waals surface area (Å²) in [4.78, 5) is 4.67. The molecule has 1 aliphatic rings. The molecule has 1 heterocycles. The number of aromatic nitrogens is 1. The van der Waals surface area contributed by atoms with Gasteiger partial charge in [-0.2, -0.15) is 0 Å². The average Bonchev–Trinajstić information content (AvgIpc) is 2.40. The molecule has 0 saturated heterocycles. The molecule has 4 heteroatoms. The zero-order chi connectivity index (χ0) is 13.8. The number of rotatable bonds is 4. The first kappa shape index (κ1) is 14.1. The average molecular weight is 263 g/mol. The van der Waals surface area contributed by atoms with E-state index in [0.717, 1.165) is 42.9 Å². The lowest BCUT2D eigenvalue weighted by atomic mass is 9.83. The normalized spacial score (nSPS) is 23.2. The molecule has 1 saturated carbocycles. The molecule has 1 aliphatic carbocycles. The highest BCUT2D eigenvalue weighted by Crippen LogP contribution is 2.29. The number of aliphatic hydroxyl groups excluding tert-OH is 1. The fourth-order valence-corrected chi connectivity index (χ4v) is 3.04. The molecule has 2 unspecified atom stereocenters. The highest BCUT2D eigenvalue weighted by atomic mass is 16.3. The number of anilines is 2. The van der Waals surface area contributed by atoms with Crippen LogP contribution in [0, 0.1) is 12.8 Å². The van der Waals surface area contributed by atoms with Gasteiger partial charge < -0.3 is 15.7 Å². The molecule has 3 N–H and O–H groups in total. The first-order valence-electron chi connectivity index (χ1n) is 7.19. The number of hydrogen-bond acceptors (Lipinski definition) is 4. The van der Waals surface area contributed by atoms with E-state index in [1.54, 1.807) is 0 Å². The molecule has 1 aromatic heterocycles. The molecule has 0 aromatic carbocycles. The largest absolute Gasteiger partial charge is 0.393 e. The van der Waals surface area contributed by atoms with E-state index >= 15 is 0 Å². The monoisotopic (exact) mass is 263 g/mol. The highest BCUT2D eigenvalue weighted by Gasteiger charge is 2.24. The van der Waals surface area contributed by atoms with E-state index in [-0.39, 0.29) is 6.10 Å². The summed E-state index contributed by atoms with van der Waals surface area (Å²) in [5.41, 5.74) is 3.32. The van der Waals surface area contributed by atoms with Crippen molar-refractivity contribution >= 4 is 11.5 Å². The Hall–Kier alpha value is -1.29. The smallest absolute Gasteiger partial charge is 0.149 e.